The molecule has 1 aromatic carbocycles. The Labute approximate surface area is 123 Å². The number of aryl methyl sites for hydroxylation is 1. The molecule has 1 amide bonds. The number of carbonyl (C=O) groups excluding carboxylic acids is 1. The van der Waals surface area contributed by atoms with Gasteiger partial charge in [-0.1, -0.05) is 11.6 Å². The molecule has 1 saturated heterocycles. The summed E-state index contributed by atoms with van der Waals surface area (Å²) in [5, 5.41) is 12.1. The SMILES string of the molecule is COc1ccc(C)cc1C(=O)NC1(C(=O)O)CCOCC1. The van der Waals surface area contributed by atoms with Crippen LogP contribution in [0.5, 0.6) is 5.75 Å². The van der Waals surface area contributed by atoms with E-state index in [0.717, 1.165) is 5.56 Å². The van der Waals surface area contributed by atoms with Crippen LogP contribution in [-0.2, 0) is 9.53 Å². The molecule has 0 aliphatic carbocycles. The summed E-state index contributed by atoms with van der Waals surface area (Å²) in [4.78, 5) is 24.0. The lowest BCUT2D eigenvalue weighted by Gasteiger charge is -2.34. The van der Waals surface area contributed by atoms with Gasteiger partial charge in [-0.05, 0) is 19.1 Å². The number of rotatable bonds is 4. The normalized spacial score (nSPS) is 17.0. The number of nitrogens with one attached hydrogen (secondary N) is 1. The molecule has 1 aliphatic rings. The fourth-order valence-corrected chi connectivity index (χ4v) is 2.40. The molecule has 0 radical (unpaired) electrons. The molecule has 1 heterocycles. The van der Waals surface area contributed by atoms with Gasteiger partial charge in [0, 0.05) is 26.1 Å². The molecule has 1 aliphatic heterocycles. The van der Waals surface area contributed by atoms with Crippen molar-refractivity contribution in [3.8, 4) is 5.75 Å². The molecule has 2 rings (SSSR count). The van der Waals surface area contributed by atoms with Crippen LogP contribution in [0.2, 0.25) is 0 Å². The van der Waals surface area contributed by atoms with Crippen LogP contribution in [0.3, 0.4) is 0 Å². The van der Waals surface area contributed by atoms with E-state index in [4.69, 9.17) is 9.47 Å². The predicted octanol–water partition coefficient (Wildman–Crippen LogP) is 1.37. The summed E-state index contributed by atoms with van der Waals surface area (Å²) >= 11 is 0. The number of carboxylic acid groups (broad SMARTS) is 1. The van der Waals surface area contributed by atoms with E-state index in [1.807, 2.05) is 13.0 Å². The minimum atomic E-state index is -1.27. The highest BCUT2D eigenvalue weighted by Gasteiger charge is 2.42. The molecular weight excluding hydrogens is 274 g/mol. The van der Waals surface area contributed by atoms with Gasteiger partial charge >= 0.3 is 5.97 Å². The predicted molar refractivity (Wildman–Crippen MR) is 75.6 cm³/mol. The lowest BCUT2D eigenvalue weighted by molar-refractivity contribution is -0.148. The molecule has 114 valence electrons. The Bertz CT molecular complexity index is 549. The third kappa shape index (κ3) is 3.16. The van der Waals surface area contributed by atoms with E-state index >= 15 is 0 Å². The number of benzene rings is 1. The zero-order valence-corrected chi connectivity index (χ0v) is 12.1. The van der Waals surface area contributed by atoms with Gasteiger partial charge in [0.1, 0.15) is 11.3 Å². The number of aliphatic carboxylic acids is 1. The zero-order chi connectivity index (χ0) is 15.5. The highest BCUT2D eigenvalue weighted by atomic mass is 16.5. The van der Waals surface area contributed by atoms with Gasteiger partial charge in [-0.25, -0.2) is 4.79 Å². The first-order chi connectivity index (χ1) is 9.98. The van der Waals surface area contributed by atoms with E-state index in [1.165, 1.54) is 7.11 Å². The second-order valence-electron chi connectivity index (χ2n) is 5.16. The number of methoxy groups -OCH3 is 1. The van der Waals surface area contributed by atoms with Crippen molar-refractivity contribution in [2.75, 3.05) is 20.3 Å². The Kier molecular flexibility index (Phi) is 4.47. The molecule has 1 fully saturated rings. The van der Waals surface area contributed by atoms with Crippen molar-refractivity contribution in [2.45, 2.75) is 25.3 Å². The molecule has 0 atom stereocenters. The van der Waals surface area contributed by atoms with E-state index < -0.39 is 17.4 Å². The van der Waals surface area contributed by atoms with E-state index in [0.29, 0.717) is 24.5 Å². The van der Waals surface area contributed by atoms with E-state index in [1.54, 1.807) is 12.1 Å². The Morgan fingerprint density at radius 3 is 2.57 bits per heavy atom. The van der Waals surface area contributed by atoms with Gasteiger partial charge < -0.3 is 19.9 Å². The molecule has 6 heteroatoms. The fourth-order valence-electron chi connectivity index (χ4n) is 2.40. The summed E-state index contributed by atoms with van der Waals surface area (Å²) in [6.07, 6.45) is 0.504. The Morgan fingerprint density at radius 2 is 2.00 bits per heavy atom. The summed E-state index contributed by atoms with van der Waals surface area (Å²) in [6, 6.07) is 5.21. The Morgan fingerprint density at radius 1 is 1.33 bits per heavy atom. The second kappa shape index (κ2) is 6.13. The first-order valence-electron chi connectivity index (χ1n) is 6.77. The highest BCUT2D eigenvalue weighted by Crippen LogP contribution is 2.24. The summed E-state index contributed by atoms with van der Waals surface area (Å²) < 4.78 is 10.4. The van der Waals surface area contributed by atoms with Crippen molar-refractivity contribution < 1.29 is 24.2 Å². The maximum atomic E-state index is 12.5. The van der Waals surface area contributed by atoms with E-state index in [9.17, 15) is 14.7 Å². The van der Waals surface area contributed by atoms with Gasteiger partial charge in [-0.2, -0.15) is 0 Å². The maximum Gasteiger partial charge on any atom is 0.329 e. The topological polar surface area (TPSA) is 84.9 Å². The van der Waals surface area contributed by atoms with Crippen LogP contribution < -0.4 is 10.1 Å². The maximum absolute atomic E-state index is 12.5. The van der Waals surface area contributed by atoms with Gasteiger partial charge in [0.25, 0.3) is 5.91 Å². The van der Waals surface area contributed by atoms with Gasteiger partial charge in [0.05, 0.1) is 12.7 Å². The lowest BCUT2D eigenvalue weighted by atomic mass is 9.89. The summed E-state index contributed by atoms with van der Waals surface area (Å²) in [6.45, 7) is 2.49. The molecule has 1 aromatic rings. The Hall–Kier alpha value is -2.08. The standard InChI is InChI=1S/C15H19NO5/c1-10-3-4-12(20-2)11(9-10)13(17)16-15(14(18)19)5-7-21-8-6-15/h3-4,9H,5-8H2,1-2H3,(H,16,17)(H,18,19). The van der Waals surface area contributed by atoms with Crippen molar-refractivity contribution in [1.29, 1.82) is 0 Å². The van der Waals surface area contributed by atoms with E-state index in [-0.39, 0.29) is 12.8 Å². The van der Waals surface area contributed by atoms with Gasteiger partial charge in [-0.3, -0.25) is 4.79 Å². The molecule has 0 saturated carbocycles. The number of ether oxygens (including phenoxy) is 2. The fraction of sp³-hybridized carbons (Fsp3) is 0.467. The van der Waals surface area contributed by atoms with E-state index in [2.05, 4.69) is 5.32 Å². The molecule has 2 N–H and O–H groups in total. The minimum absolute atomic E-state index is 0.252. The van der Waals surface area contributed by atoms with Crippen molar-refractivity contribution in [3.05, 3.63) is 29.3 Å². The average molecular weight is 293 g/mol. The summed E-state index contributed by atoms with van der Waals surface area (Å²) in [7, 11) is 1.48. The molecular formula is C15H19NO5. The van der Waals surface area contributed by atoms with Crippen LogP contribution >= 0.6 is 0 Å². The average Bonchev–Trinajstić information content (AvgIpc) is 2.48. The van der Waals surface area contributed by atoms with Crippen molar-refractivity contribution in [3.63, 3.8) is 0 Å². The molecule has 0 unspecified atom stereocenters. The lowest BCUT2D eigenvalue weighted by Crippen LogP contribution is -2.57. The minimum Gasteiger partial charge on any atom is -0.496 e. The monoisotopic (exact) mass is 293 g/mol. The number of hydrogen-bond donors (Lipinski definition) is 2. The molecule has 0 aromatic heterocycles. The Balaban J connectivity index is 2.27. The van der Waals surface area contributed by atoms with Crippen LogP contribution in [0.4, 0.5) is 0 Å². The summed E-state index contributed by atoms with van der Waals surface area (Å²) in [5.74, 6) is -1.06. The third-order valence-electron chi connectivity index (χ3n) is 3.71. The van der Waals surface area contributed by atoms with Gasteiger partial charge in [0.15, 0.2) is 0 Å². The number of hydrogen-bond acceptors (Lipinski definition) is 4. The van der Waals surface area contributed by atoms with Crippen LogP contribution in [0.15, 0.2) is 18.2 Å². The van der Waals surface area contributed by atoms with Crippen LogP contribution in [0.1, 0.15) is 28.8 Å². The quantitative estimate of drug-likeness (QED) is 0.875. The molecule has 0 spiro atoms. The van der Waals surface area contributed by atoms with Crippen molar-refractivity contribution in [1.82, 2.24) is 5.32 Å². The number of carboxylic acids is 1. The van der Waals surface area contributed by atoms with Gasteiger partial charge in [0.2, 0.25) is 0 Å². The van der Waals surface area contributed by atoms with Crippen LogP contribution in [-0.4, -0.2) is 42.8 Å². The largest absolute Gasteiger partial charge is 0.496 e. The third-order valence-corrected chi connectivity index (χ3v) is 3.71. The molecule has 0 bridgehead atoms. The first-order valence-corrected chi connectivity index (χ1v) is 6.77. The van der Waals surface area contributed by atoms with Crippen LogP contribution in [0, 0.1) is 6.92 Å². The number of amides is 1. The smallest absolute Gasteiger partial charge is 0.329 e. The van der Waals surface area contributed by atoms with Crippen molar-refractivity contribution >= 4 is 11.9 Å². The molecule has 6 nitrogen and oxygen atoms in total. The van der Waals surface area contributed by atoms with Crippen LogP contribution in [0.25, 0.3) is 0 Å². The first kappa shape index (κ1) is 15.3. The highest BCUT2D eigenvalue weighted by molar-refractivity contribution is 6.00. The van der Waals surface area contributed by atoms with Gasteiger partial charge in [-0.15, -0.1) is 0 Å². The van der Waals surface area contributed by atoms with Crippen molar-refractivity contribution in [2.24, 2.45) is 0 Å². The zero-order valence-electron chi connectivity index (χ0n) is 12.1. The number of carbonyl (C=O) groups is 2. The second-order valence-corrected chi connectivity index (χ2v) is 5.16. The summed E-state index contributed by atoms with van der Waals surface area (Å²) in [5.41, 5.74) is -0.0358. The molecule has 21 heavy (non-hydrogen) atoms.